The summed E-state index contributed by atoms with van der Waals surface area (Å²) in [6.07, 6.45) is 3.36. The Kier molecular flexibility index (Phi) is 4.96. The highest BCUT2D eigenvalue weighted by Crippen LogP contribution is 2.25. The number of ketones is 1. The summed E-state index contributed by atoms with van der Waals surface area (Å²) in [7, 11) is 0. The zero-order chi connectivity index (χ0) is 16.9. The Hall–Kier alpha value is -2.60. The van der Waals surface area contributed by atoms with Gasteiger partial charge in [-0.15, -0.1) is 16.8 Å². The van der Waals surface area contributed by atoms with E-state index in [1.165, 1.54) is 11.8 Å². The lowest BCUT2D eigenvalue weighted by molar-refractivity contribution is 0.102. The van der Waals surface area contributed by atoms with Crippen molar-refractivity contribution in [3.05, 3.63) is 66.4 Å². The number of aromatic nitrogens is 3. The summed E-state index contributed by atoms with van der Waals surface area (Å²) in [6.45, 7) is 6.31. The molecule has 0 N–H and O–H groups in total. The lowest BCUT2D eigenvalue weighted by atomic mass is 10.1. The smallest absolute Gasteiger partial charge is 0.200 e. The predicted octanol–water partition coefficient (Wildman–Crippen LogP) is 4.01. The summed E-state index contributed by atoms with van der Waals surface area (Å²) < 4.78 is 7.28. The first-order valence-corrected chi connectivity index (χ1v) is 8.48. The highest BCUT2D eigenvalue weighted by atomic mass is 32.2. The Morgan fingerprint density at radius 1 is 1.29 bits per heavy atom. The highest BCUT2D eigenvalue weighted by Gasteiger charge is 2.17. The average Bonchev–Trinajstić information content (AvgIpc) is 3.23. The minimum absolute atomic E-state index is 0.0627. The van der Waals surface area contributed by atoms with Gasteiger partial charge < -0.3 is 4.42 Å². The second-order valence-corrected chi connectivity index (χ2v) is 6.20. The van der Waals surface area contributed by atoms with Crippen LogP contribution in [0.25, 0.3) is 11.6 Å². The summed E-state index contributed by atoms with van der Waals surface area (Å²) in [5, 5.41) is 9.03. The third-order valence-corrected chi connectivity index (χ3v) is 4.44. The standard InChI is InChI=1S/C18H17N3O2S/c1-3-10-21-17(16-5-4-11-23-16)19-20-18(21)24-12-15(22)14-8-6-13(2)7-9-14/h3-9,11H,1,10,12H2,2H3. The van der Waals surface area contributed by atoms with Crippen LogP contribution in [0.5, 0.6) is 0 Å². The fourth-order valence-corrected chi connectivity index (χ4v) is 3.07. The number of hydrogen-bond donors (Lipinski definition) is 0. The van der Waals surface area contributed by atoms with Gasteiger partial charge in [0.25, 0.3) is 0 Å². The van der Waals surface area contributed by atoms with Crippen LogP contribution in [0.1, 0.15) is 15.9 Å². The van der Waals surface area contributed by atoms with E-state index in [-0.39, 0.29) is 5.78 Å². The van der Waals surface area contributed by atoms with E-state index >= 15 is 0 Å². The molecule has 3 aromatic rings. The quantitative estimate of drug-likeness (QED) is 0.370. The maximum Gasteiger partial charge on any atom is 0.200 e. The molecule has 0 bridgehead atoms. The number of carbonyl (C=O) groups excluding carboxylic acids is 1. The number of nitrogens with zero attached hydrogens (tertiary/aromatic N) is 3. The van der Waals surface area contributed by atoms with Crippen molar-refractivity contribution < 1.29 is 9.21 Å². The first-order valence-electron chi connectivity index (χ1n) is 7.49. The Morgan fingerprint density at radius 2 is 2.08 bits per heavy atom. The van der Waals surface area contributed by atoms with Crippen molar-refractivity contribution in [3.8, 4) is 11.6 Å². The fraction of sp³-hybridized carbons (Fsp3) is 0.167. The number of rotatable bonds is 7. The van der Waals surface area contributed by atoms with E-state index < -0.39 is 0 Å². The molecule has 0 unspecified atom stereocenters. The Balaban J connectivity index is 1.76. The molecule has 6 heteroatoms. The predicted molar refractivity (Wildman–Crippen MR) is 94.2 cm³/mol. The van der Waals surface area contributed by atoms with Crippen LogP contribution in [0, 0.1) is 6.92 Å². The number of Topliss-reactive ketones (excluding diaryl/α,β-unsaturated/α-hetero) is 1. The Labute approximate surface area is 144 Å². The van der Waals surface area contributed by atoms with Crippen LogP contribution in [0.2, 0.25) is 0 Å². The van der Waals surface area contributed by atoms with Crippen molar-refractivity contribution in [2.45, 2.75) is 18.6 Å². The molecular formula is C18H17N3O2S. The Bertz CT molecular complexity index is 836. The van der Waals surface area contributed by atoms with Gasteiger partial charge in [-0.2, -0.15) is 0 Å². The van der Waals surface area contributed by atoms with Gasteiger partial charge in [0.15, 0.2) is 16.7 Å². The molecule has 2 aromatic heterocycles. The van der Waals surface area contributed by atoms with E-state index in [2.05, 4.69) is 16.8 Å². The molecule has 122 valence electrons. The number of benzene rings is 1. The summed E-state index contributed by atoms with van der Waals surface area (Å²) in [5.41, 5.74) is 1.84. The summed E-state index contributed by atoms with van der Waals surface area (Å²) in [5.74, 6) is 1.63. The van der Waals surface area contributed by atoms with Gasteiger partial charge in [-0.05, 0) is 19.1 Å². The third-order valence-electron chi connectivity index (χ3n) is 3.48. The van der Waals surface area contributed by atoms with Gasteiger partial charge in [0.2, 0.25) is 5.82 Å². The molecule has 1 aromatic carbocycles. The minimum atomic E-state index is 0.0627. The molecule has 0 atom stereocenters. The van der Waals surface area contributed by atoms with Crippen molar-refractivity contribution in [3.63, 3.8) is 0 Å². The molecule has 0 amide bonds. The molecule has 24 heavy (non-hydrogen) atoms. The van der Waals surface area contributed by atoms with Gasteiger partial charge in [-0.25, -0.2) is 0 Å². The number of carbonyl (C=O) groups is 1. The Morgan fingerprint density at radius 3 is 2.75 bits per heavy atom. The number of furan rings is 1. The number of allylic oxidation sites excluding steroid dienone is 1. The topological polar surface area (TPSA) is 60.9 Å². The van der Waals surface area contributed by atoms with Crippen molar-refractivity contribution in [2.75, 3.05) is 5.75 Å². The van der Waals surface area contributed by atoms with Crippen molar-refractivity contribution in [1.82, 2.24) is 14.8 Å². The molecule has 0 aliphatic heterocycles. The second-order valence-electron chi connectivity index (χ2n) is 5.26. The molecule has 5 nitrogen and oxygen atoms in total. The van der Waals surface area contributed by atoms with Gasteiger partial charge in [-0.1, -0.05) is 47.7 Å². The van der Waals surface area contributed by atoms with E-state index in [0.717, 1.165) is 5.56 Å². The SMILES string of the molecule is C=CCn1c(SCC(=O)c2ccc(C)cc2)nnc1-c1ccco1. The number of aryl methyl sites for hydroxylation is 1. The van der Waals surface area contributed by atoms with Crippen LogP contribution in [0.3, 0.4) is 0 Å². The van der Waals surface area contributed by atoms with Crippen molar-refractivity contribution >= 4 is 17.5 Å². The van der Waals surface area contributed by atoms with E-state index in [0.29, 0.717) is 34.6 Å². The summed E-state index contributed by atoms with van der Waals surface area (Å²) in [4.78, 5) is 12.3. The van der Waals surface area contributed by atoms with Gasteiger partial charge in [-0.3, -0.25) is 9.36 Å². The summed E-state index contributed by atoms with van der Waals surface area (Å²) in [6, 6.07) is 11.2. The van der Waals surface area contributed by atoms with Crippen LogP contribution in [0.4, 0.5) is 0 Å². The van der Waals surface area contributed by atoms with E-state index in [1.54, 1.807) is 18.4 Å². The lowest BCUT2D eigenvalue weighted by Gasteiger charge is -2.06. The summed E-state index contributed by atoms with van der Waals surface area (Å²) >= 11 is 1.36. The van der Waals surface area contributed by atoms with Crippen LogP contribution in [-0.2, 0) is 6.54 Å². The third kappa shape index (κ3) is 3.49. The van der Waals surface area contributed by atoms with E-state index in [1.807, 2.05) is 41.8 Å². The zero-order valence-electron chi connectivity index (χ0n) is 13.3. The normalized spacial score (nSPS) is 10.7. The first kappa shape index (κ1) is 16.3. The molecule has 0 saturated heterocycles. The van der Waals surface area contributed by atoms with E-state index in [9.17, 15) is 4.79 Å². The molecule has 3 rings (SSSR count). The largest absolute Gasteiger partial charge is 0.461 e. The van der Waals surface area contributed by atoms with Gasteiger partial charge >= 0.3 is 0 Å². The van der Waals surface area contributed by atoms with Crippen molar-refractivity contribution in [1.29, 1.82) is 0 Å². The van der Waals surface area contributed by atoms with Gasteiger partial charge in [0.05, 0.1) is 12.0 Å². The fourth-order valence-electron chi connectivity index (χ4n) is 2.23. The molecule has 0 fully saturated rings. The van der Waals surface area contributed by atoms with Crippen LogP contribution < -0.4 is 0 Å². The van der Waals surface area contributed by atoms with Gasteiger partial charge in [0, 0.05) is 12.1 Å². The molecule has 2 heterocycles. The molecule has 0 saturated carbocycles. The van der Waals surface area contributed by atoms with E-state index in [4.69, 9.17) is 4.42 Å². The lowest BCUT2D eigenvalue weighted by Crippen LogP contribution is -2.05. The van der Waals surface area contributed by atoms with Crippen LogP contribution >= 0.6 is 11.8 Å². The van der Waals surface area contributed by atoms with Crippen molar-refractivity contribution in [2.24, 2.45) is 0 Å². The highest BCUT2D eigenvalue weighted by molar-refractivity contribution is 7.99. The molecule has 0 aliphatic carbocycles. The zero-order valence-corrected chi connectivity index (χ0v) is 14.1. The molecule has 0 radical (unpaired) electrons. The number of thioether (sulfide) groups is 1. The maximum atomic E-state index is 12.3. The maximum absolute atomic E-state index is 12.3. The average molecular weight is 339 g/mol. The molecular weight excluding hydrogens is 322 g/mol. The van der Waals surface area contributed by atoms with Crippen LogP contribution in [0.15, 0.2) is 64.9 Å². The molecule has 0 aliphatic rings. The molecule has 0 spiro atoms. The first-order chi connectivity index (χ1) is 11.7. The monoisotopic (exact) mass is 339 g/mol. The minimum Gasteiger partial charge on any atom is -0.461 e. The second kappa shape index (κ2) is 7.31. The van der Waals surface area contributed by atoms with Crippen LogP contribution in [-0.4, -0.2) is 26.3 Å². The van der Waals surface area contributed by atoms with Gasteiger partial charge in [0.1, 0.15) is 0 Å². The number of hydrogen-bond acceptors (Lipinski definition) is 5.